The van der Waals surface area contributed by atoms with Gasteiger partial charge in [-0.3, -0.25) is 4.90 Å². The summed E-state index contributed by atoms with van der Waals surface area (Å²) in [5, 5.41) is 0. The molecule has 0 aromatic heterocycles. The molecule has 0 radical (unpaired) electrons. The molecule has 0 spiro atoms. The molecule has 2 aromatic carbocycles. The maximum Gasteiger partial charge on any atom is 0.119 e. The van der Waals surface area contributed by atoms with E-state index < -0.39 is 0 Å². The largest absolute Gasteiger partial charge is 0.494 e. The van der Waals surface area contributed by atoms with Crippen LogP contribution in [0.5, 0.6) is 5.75 Å². The minimum atomic E-state index is 0. The lowest BCUT2D eigenvalue weighted by molar-refractivity contribution is 0.316. The van der Waals surface area contributed by atoms with Crippen LogP contribution in [0, 0.1) is 5.92 Å². The van der Waals surface area contributed by atoms with Crippen molar-refractivity contribution in [3.8, 4) is 5.75 Å². The highest BCUT2D eigenvalue weighted by molar-refractivity contribution is 5.85. The Morgan fingerprint density at radius 1 is 1.04 bits per heavy atom. The van der Waals surface area contributed by atoms with Gasteiger partial charge in [-0.1, -0.05) is 42.5 Å². The number of rotatable bonds is 6. The molecule has 3 nitrogen and oxygen atoms in total. The monoisotopic (exact) mass is 346 g/mol. The lowest BCUT2D eigenvalue weighted by Gasteiger charge is -2.17. The van der Waals surface area contributed by atoms with Gasteiger partial charge >= 0.3 is 0 Å². The van der Waals surface area contributed by atoms with Gasteiger partial charge in [0.2, 0.25) is 0 Å². The summed E-state index contributed by atoms with van der Waals surface area (Å²) in [5.74, 6) is 2.03. The minimum absolute atomic E-state index is 0. The average molecular weight is 347 g/mol. The second kappa shape index (κ2) is 9.07. The Kier molecular flexibility index (Phi) is 7.10. The topological polar surface area (TPSA) is 38.5 Å². The first-order valence-corrected chi connectivity index (χ1v) is 8.49. The minimum Gasteiger partial charge on any atom is -0.494 e. The summed E-state index contributed by atoms with van der Waals surface area (Å²) in [6, 6.07) is 19.2. The lowest BCUT2D eigenvalue weighted by atomic mass is 9.89. The first kappa shape index (κ1) is 18.8. The highest BCUT2D eigenvalue weighted by atomic mass is 35.5. The van der Waals surface area contributed by atoms with Crippen molar-refractivity contribution in [2.45, 2.75) is 19.4 Å². The number of ether oxygens (including phenoxy) is 1. The first-order chi connectivity index (χ1) is 11.3. The van der Waals surface area contributed by atoms with Gasteiger partial charge < -0.3 is 10.5 Å². The van der Waals surface area contributed by atoms with Gasteiger partial charge in [-0.25, -0.2) is 0 Å². The molecule has 1 aliphatic heterocycles. The summed E-state index contributed by atoms with van der Waals surface area (Å²) in [5.41, 5.74) is 8.77. The van der Waals surface area contributed by atoms with Crippen molar-refractivity contribution >= 4 is 12.4 Å². The summed E-state index contributed by atoms with van der Waals surface area (Å²) in [4.78, 5) is 2.52. The molecule has 0 aliphatic carbocycles. The predicted octanol–water partition coefficient (Wildman–Crippen LogP) is 3.68. The molecule has 0 bridgehead atoms. The summed E-state index contributed by atoms with van der Waals surface area (Å²) in [6.07, 6.45) is 0. The number of benzene rings is 2. The van der Waals surface area contributed by atoms with Gasteiger partial charge in [0, 0.05) is 25.6 Å². The van der Waals surface area contributed by atoms with Crippen LogP contribution >= 0.6 is 12.4 Å². The fourth-order valence-corrected chi connectivity index (χ4v) is 3.52. The highest BCUT2D eigenvalue weighted by Gasteiger charge is 2.32. The van der Waals surface area contributed by atoms with E-state index in [9.17, 15) is 0 Å². The number of halogens is 1. The smallest absolute Gasteiger partial charge is 0.119 e. The van der Waals surface area contributed by atoms with Crippen molar-refractivity contribution in [2.75, 3.05) is 26.2 Å². The molecule has 2 atom stereocenters. The van der Waals surface area contributed by atoms with E-state index in [0.717, 1.165) is 31.9 Å². The van der Waals surface area contributed by atoms with E-state index >= 15 is 0 Å². The summed E-state index contributed by atoms with van der Waals surface area (Å²) in [6.45, 7) is 6.60. The zero-order chi connectivity index (χ0) is 16.1. The van der Waals surface area contributed by atoms with Crippen LogP contribution in [0.15, 0.2) is 54.6 Å². The quantitative estimate of drug-likeness (QED) is 0.867. The van der Waals surface area contributed by atoms with Crippen LogP contribution in [0.3, 0.4) is 0 Å². The Bertz CT molecular complexity index is 603. The predicted molar refractivity (Wildman–Crippen MR) is 102 cm³/mol. The van der Waals surface area contributed by atoms with Crippen LogP contribution in [-0.4, -0.2) is 31.1 Å². The van der Waals surface area contributed by atoms with Crippen LogP contribution in [0.4, 0.5) is 0 Å². The Morgan fingerprint density at radius 3 is 2.38 bits per heavy atom. The van der Waals surface area contributed by atoms with Crippen LogP contribution < -0.4 is 10.5 Å². The van der Waals surface area contributed by atoms with Gasteiger partial charge in [-0.15, -0.1) is 12.4 Å². The van der Waals surface area contributed by atoms with Crippen LogP contribution in [-0.2, 0) is 6.54 Å². The van der Waals surface area contributed by atoms with Gasteiger partial charge in [-0.05, 0) is 42.6 Å². The van der Waals surface area contributed by atoms with E-state index in [1.165, 1.54) is 11.1 Å². The third-order valence-electron chi connectivity index (χ3n) is 4.69. The normalized spacial score (nSPS) is 20.6. The molecular weight excluding hydrogens is 320 g/mol. The fourth-order valence-electron chi connectivity index (χ4n) is 3.52. The van der Waals surface area contributed by atoms with E-state index in [1.807, 2.05) is 6.92 Å². The zero-order valence-corrected chi connectivity index (χ0v) is 15.0. The molecule has 3 rings (SSSR count). The molecule has 130 valence electrons. The Labute approximate surface area is 151 Å². The SMILES string of the molecule is CCOc1ccc(CN2C[C@@H](CN)[C@H](c3ccccc3)C2)cc1.Cl. The number of hydrogen-bond acceptors (Lipinski definition) is 3. The fraction of sp³-hybridized carbons (Fsp3) is 0.400. The molecule has 0 unspecified atom stereocenters. The summed E-state index contributed by atoms with van der Waals surface area (Å²) >= 11 is 0. The van der Waals surface area contributed by atoms with Crippen molar-refractivity contribution in [3.63, 3.8) is 0 Å². The standard InChI is InChI=1S/C20H26N2O.ClH/c1-2-23-19-10-8-16(9-11-19)13-22-14-18(12-21)20(15-22)17-6-4-3-5-7-17;/h3-11,18,20H,2,12-15,21H2,1H3;1H/t18-,20+;/m1./s1. The Morgan fingerprint density at radius 2 is 1.75 bits per heavy atom. The second-order valence-electron chi connectivity index (χ2n) is 6.28. The Balaban J connectivity index is 0.00000208. The van der Waals surface area contributed by atoms with Crippen molar-refractivity contribution < 1.29 is 4.74 Å². The molecule has 4 heteroatoms. The van der Waals surface area contributed by atoms with E-state index in [-0.39, 0.29) is 12.4 Å². The van der Waals surface area contributed by atoms with Crippen molar-refractivity contribution in [1.29, 1.82) is 0 Å². The molecular formula is C20H27ClN2O. The molecule has 0 amide bonds. The molecule has 1 heterocycles. The number of likely N-dealkylation sites (tertiary alicyclic amines) is 1. The molecule has 1 saturated heterocycles. The van der Waals surface area contributed by atoms with Crippen LogP contribution in [0.25, 0.3) is 0 Å². The maximum atomic E-state index is 6.03. The van der Waals surface area contributed by atoms with Crippen molar-refractivity contribution in [1.82, 2.24) is 4.90 Å². The van der Waals surface area contributed by atoms with Crippen molar-refractivity contribution in [2.24, 2.45) is 11.7 Å². The van der Waals surface area contributed by atoms with Crippen molar-refractivity contribution in [3.05, 3.63) is 65.7 Å². The molecule has 24 heavy (non-hydrogen) atoms. The second-order valence-corrected chi connectivity index (χ2v) is 6.28. The van der Waals surface area contributed by atoms with Gasteiger partial charge in [0.25, 0.3) is 0 Å². The van der Waals surface area contributed by atoms with Gasteiger partial charge in [-0.2, -0.15) is 0 Å². The third-order valence-corrected chi connectivity index (χ3v) is 4.69. The first-order valence-electron chi connectivity index (χ1n) is 8.49. The highest BCUT2D eigenvalue weighted by Crippen LogP contribution is 2.32. The maximum absolute atomic E-state index is 6.03. The van der Waals surface area contributed by atoms with E-state index in [0.29, 0.717) is 18.4 Å². The summed E-state index contributed by atoms with van der Waals surface area (Å²) < 4.78 is 5.51. The molecule has 1 aliphatic rings. The number of nitrogens with zero attached hydrogens (tertiary/aromatic N) is 1. The molecule has 2 aromatic rings. The van der Waals surface area contributed by atoms with Crippen LogP contribution in [0.2, 0.25) is 0 Å². The van der Waals surface area contributed by atoms with Gasteiger partial charge in [0.1, 0.15) is 5.75 Å². The molecule has 0 saturated carbocycles. The van der Waals surface area contributed by atoms with Crippen LogP contribution in [0.1, 0.15) is 24.0 Å². The summed E-state index contributed by atoms with van der Waals surface area (Å²) in [7, 11) is 0. The van der Waals surface area contributed by atoms with E-state index in [1.54, 1.807) is 0 Å². The molecule has 1 fully saturated rings. The lowest BCUT2D eigenvalue weighted by Crippen LogP contribution is -2.23. The van der Waals surface area contributed by atoms with Gasteiger partial charge in [0.15, 0.2) is 0 Å². The number of nitrogens with two attached hydrogens (primary N) is 1. The third kappa shape index (κ3) is 4.50. The average Bonchev–Trinajstić information content (AvgIpc) is 3.01. The Hall–Kier alpha value is -1.55. The zero-order valence-electron chi connectivity index (χ0n) is 14.2. The van der Waals surface area contributed by atoms with E-state index in [4.69, 9.17) is 10.5 Å². The molecule has 2 N–H and O–H groups in total. The van der Waals surface area contributed by atoms with Gasteiger partial charge in [0.05, 0.1) is 6.61 Å². The number of hydrogen-bond donors (Lipinski definition) is 1. The van der Waals surface area contributed by atoms with E-state index in [2.05, 4.69) is 59.5 Å².